The number of nitrogens with zero attached hydrogens (tertiary/aromatic N) is 1. The quantitative estimate of drug-likeness (QED) is 0.507. The monoisotopic (exact) mass is 270 g/mol. The van der Waals surface area contributed by atoms with Crippen LogP contribution < -0.4 is 5.32 Å². The molecule has 0 bridgehead atoms. The van der Waals surface area contributed by atoms with Crippen LogP contribution in [0.3, 0.4) is 0 Å². The van der Waals surface area contributed by atoms with Crippen molar-refractivity contribution in [3.8, 4) is 0 Å². The Morgan fingerprint density at radius 1 is 1.39 bits per heavy atom. The lowest BCUT2D eigenvalue weighted by Crippen LogP contribution is -2.12. The third kappa shape index (κ3) is 3.70. The zero-order valence-corrected chi connectivity index (χ0v) is 11.1. The number of carbonyl (C=O) groups excluding carboxylic acids is 1. The van der Waals surface area contributed by atoms with Gasteiger partial charge >= 0.3 is 0 Å². The highest BCUT2D eigenvalue weighted by molar-refractivity contribution is 6.18. The summed E-state index contributed by atoms with van der Waals surface area (Å²) in [5.74, 6) is 0.234. The number of amides is 1. The van der Waals surface area contributed by atoms with E-state index in [1.54, 1.807) is 19.9 Å². The van der Waals surface area contributed by atoms with E-state index in [0.717, 1.165) is 5.56 Å². The van der Waals surface area contributed by atoms with Crippen molar-refractivity contribution in [3.63, 3.8) is 0 Å². The minimum Gasteiger partial charge on any atom is -0.326 e. The van der Waals surface area contributed by atoms with Crippen LogP contribution >= 0.6 is 11.6 Å². The SMILES string of the molecule is Cc1cc(C)c([N+](=O)[O-])cc1NC(=O)CCCCl. The van der Waals surface area contributed by atoms with Crippen LogP contribution in [0.15, 0.2) is 12.1 Å². The number of hydrogen-bond donors (Lipinski definition) is 1. The van der Waals surface area contributed by atoms with Crippen molar-refractivity contribution < 1.29 is 9.72 Å². The first-order valence-corrected chi connectivity index (χ1v) is 6.10. The molecule has 0 aromatic heterocycles. The van der Waals surface area contributed by atoms with E-state index in [2.05, 4.69) is 5.32 Å². The fourth-order valence-electron chi connectivity index (χ4n) is 1.61. The lowest BCUT2D eigenvalue weighted by molar-refractivity contribution is -0.385. The molecule has 18 heavy (non-hydrogen) atoms. The maximum Gasteiger partial charge on any atom is 0.274 e. The van der Waals surface area contributed by atoms with Crippen molar-refractivity contribution in [1.82, 2.24) is 0 Å². The lowest BCUT2D eigenvalue weighted by Gasteiger charge is -2.09. The van der Waals surface area contributed by atoms with Crippen LogP contribution in [0.1, 0.15) is 24.0 Å². The topological polar surface area (TPSA) is 72.2 Å². The molecule has 6 heteroatoms. The van der Waals surface area contributed by atoms with Gasteiger partial charge in [-0.15, -0.1) is 11.6 Å². The highest BCUT2D eigenvalue weighted by Gasteiger charge is 2.14. The van der Waals surface area contributed by atoms with E-state index in [4.69, 9.17) is 11.6 Å². The molecule has 1 aromatic carbocycles. The van der Waals surface area contributed by atoms with Gasteiger partial charge < -0.3 is 5.32 Å². The summed E-state index contributed by atoms with van der Waals surface area (Å²) in [6.45, 7) is 3.47. The molecule has 1 rings (SSSR count). The van der Waals surface area contributed by atoms with Crippen LogP contribution in [0.4, 0.5) is 11.4 Å². The molecular formula is C12H15ClN2O3. The summed E-state index contributed by atoms with van der Waals surface area (Å²) in [4.78, 5) is 21.9. The van der Waals surface area contributed by atoms with E-state index in [9.17, 15) is 14.9 Å². The first-order chi connectivity index (χ1) is 8.45. The summed E-state index contributed by atoms with van der Waals surface area (Å²) in [5, 5.41) is 13.5. The van der Waals surface area contributed by atoms with Gasteiger partial charge in [0.1, 0.15) is 0 Å². The largest absolute Gasteiger partial charge is 0.326 e. The fraction of sp³-hybridized carbons (Fsp3) is 0.417. The predicted octanol–water partition coefficient (Wildman–Crippen LogP) is 3.17. The minimum absolute atomic E-state index is 0.00763. The van der Waals surface area contributed by atoms with Crippen LogP contribution in [-0.2, 0) is 4.79 Å². The number of hydrogen-bond acceptors (Lipinski definition) is 3. The molecule has 5 nitrogen and oxygen atoms in total. The van der Waals surface area contributed by atoms with Gasteiger partial charge in [-0.25, -0.2) is 0 Å². The van der Waals surface area contributed by atoms with Gasteiger partial charge in [0.15, 0.2) is 0 Å². The number of halogens is 1. The molecule has 0 aliphatic rings. The number of carbonyl (C=O) groups is 1. The van der Waals surface area contributed by atoms with Crippen molar-refractivity contribution in [1.29, 1.82) is 0 Å². The summed E-state index contributed by atoms with van der Waals surface area (Å²) < 4.78 is 0. The van der Waals surface area contributed by atoms with Crippen molar-refractivity contribution in [2.45, 2.75) is 26.7 Å². The molecule has 1 aromatic rings. The van der Waals surface area contributed by atoms with Crippen LogP contribution in [-0.4, -0.2) is 16.7 Å². The zero-order chi connectivity index (χ0) is 13.7. The Balaban J connectivity index is 2.92. The van der Waals surface area contributed by atoms with E-state index in [-0.39, 0.29) is 11.6 Å². The van der Waals surface area contributed by atoms with E-state index in [1.165, 1.54) is 6.07 Å². The highest BCUT2D eigenvalue weighted by atomic mass is 35.5. The summed E-state index contributed by atoms with van der Waals surface area (Å²) in [6, 6.07) is 3.08. The average molecular weight is 271 g/mol. The third-order valence-corrected chi connectivity index (χ3v) is 2.82. The zero-order valence-electron chi connectivity index (χ0n) is 10.3. The van der Waals surface area contributed by atoms with E-state index >= 15 is 0 Å². The minimum atomic E-state index is -0.455. The molecule has 98 valence electrons. The van der Waals surface area contributed by atoms with E-state index in [0.29, 0.717) is 30.0 Å². The maximum absolute atomic E-state index is 11.6. The first kappa shape index (κ1) is 14.4. The molecule has 0 atom stereocenters. The van der Waals surface area contributed by atoms with Crippen LogP contribution in [0.2, 0.25) is 0 Å². The second kappa shape index (κ2) is 6.35. The highest BCUT2D eigenvalue weighted by Crippen LogP contribution is 2.26. The van der Waals surface area contributed by atoms with Gasteiger partial charge in [0.2, 0.25) is 5.91 Å². The molecule has 1 N–H and O–H groups in total. The summed E-state index contributed by atoms with van der Waals surface area (Å²) >= 11 is 5.50. The smallest absolute Gasteiger partial charge is 0.274 e. The second-order valence-electron chi connectivity index (χ2n) is 4.05. The molecule has 0 heterocycles. The molecule has 0 unspecified atom stereocenters. The molecule has 0 spiro atoms. The van der Waals surface area contributed by atoms with Crippen LogP contribution in [0.5, 0.6) is 0 Å². The van der Waals surface area contributed by atoms with Gasteiger partial charge in [-0.2, -0.15) is 0 Å². The Bertz CT molecular complexity index is 475. The van der Waals surface area contributed by atoms with Crippen molar-refractivity contribution in [2.75, 3.05) is 11.2 Å². The van der Waals surface area contributed by atoms with Gasteiger partial charge in [-0.3, -0.25) is 14.9 Å². The Morgan fingerprint density at radius 2 is 2.06 bits per heavy atom. The first-order valence-electron chi connectivity index (χ1n) is 5.57. The van der Waals surface area contributed by atoms with Crippen molar-refractivity contribution in [3.05, 3.63) is 33.4 Å². The van der Waals surface area contributed by atoms with Gasteiger partial charge in [0.25, 0.3) is 5.69 Å². The Kier molecular flexibility index (Phi) is 5.09. The summed E-state index contributed by atoms with van der Waals surface area (Å²) in [5.41, 5.74) is 1.87. The molecule has 0 fully saturated rings. The summed E-state index contributed by atoms with van der Waals surface area (Å²) in [6.07, 6.45) is 0.894. The molecule has 0 saturated heterocycles. The molecule has 0 aliphatic carbocycles. The second-order valence-corrected chi connectivity index (χ2v) is 4.43. The van der Waals surface area contributed by atoms with Crippen LogP contribution in [0.25, 0.3) is 0 Å². The van der Waals surface area contributed by atoms with Crippen molar-refractivity contribution in [2.24, 2.45) is 0 Å². The molecule has 1 amide bonds. The number of anilines is 1. The molecule has 0 radical (unpaired) electrons. The molecule has 0 saturated carbocycles. The fourth-order valence-corrected chi connectivity index (χ4v) is 1.75. The van der Waals surface area contributed by atoms with E-state index < -0.39 is 4.92 Å². The number of alkyl halides is 1. The summed E-state index contributed by atoms with van der Waals surface area (Å²) in [7, 11) is 0. The van der Waals surface area contributed by atoms with Crippen LogP contribution in [0, 0.1) is 24.0 Å². The van der Waals surface area contributed by atoms with E-state index in [1.807, 2.05) is 0 Å². The van der Waals surface area contributed by atoms with Gasteiger partial charge in [0.05, 0.1) is 10.6 Å². The van der Waals surface area contributed by atoms with Crippen molar-refractivity contribution >= 4 is 28.9 Å². The average Bonchev–Trinajstić information content (AvgIpc) is 2.29. The van der Waals surface area contributed by atoms with Gasteiger partial charge in [0, 0.05) is 23.9 Å². The molecule has 0 aliphatic heterocycles. The number of nitro groups is 1. The number of aryl methyl sites for hydroxylation is 2. The normalized spacial score (nSPS) is 10.2. The standard InChI is InChI=1S/C12H15ClN2O3/c1-8-6-9(2)11(15(17)18)7-10(8)14-12(16)4-3-5-13/h6-7H,3-5H2,1-2H3,(H,14,16). The van der Waals surface area contributed by atoms with Gasteiger partial charge in [-0.05, 0) is 31.9 Å². The molecular weight excluding hydrogens is 256 g/mol. The number of nitro benzene ring substituents is 1. The Morgan fingerprint density at radius 3 is 2.61 bits per heavy atom. The Labute approximate surface area is 110 Å². The number of nitrogens with one attached hydrogen (secondary N) is 1. The third-order valence-electron chi connectivity index (χ3n) is 2.55. The predicted molar refractivity (Wildman–Crippen MR) is 71.2 cm³/mol. The lowest BCUT2D eigenvalue weighted by atomic mass is 10.1. The maximum atomic E-state index is 11.6. The number of benzene rings is 1. The Hall–Kier alpha value is -1.62. The number of rotatable bonds is 5. The van der Waals surface area contributed by atoms with Gasteiger partial charge in [-0.1, -0.05) is 0 Å².